The van der Waals surface area contributed by atoms with Crippen LogP contribution in [0.4, 0.5) is 16.3 Å². The third-order valence-electron chi connectivity index (χ3n) is 6.86. The van der Waals surface area contributed by atoms with Crippen LogP contribution < -0.4 is 15.5 Å². The molecule has 2 amide bonds. The summed E-state index contributed by atoms with van der Waals surface area (Å²) in [6.45, 7) is 15.6. The number of piperidine rings is 1. The number of anilines is 2. The third kappa shape index (κ3) is 8.23. The molecule has 2 heterocycles. The van der Waals surface area contributed by atoms with Gasteiger partial charge in [-0.1, -0.05) is 32.9 Å². The van der Waals surface area contributed by atoms with Gasteiger partial charge in [0.25, 0.3) is 0 Å². The zero-order valence-electron chi connectivity index (χ0n) is 22.6. The van der Waals surface area contributed by atoms with Crippen LogP contribution in [0.25, 0.3) is 0 Å². The van der Waals surface area contributed by atoms with E-state index >= 15 is 0 Å². The molecular weight excluding hydrogens is 448 g/mol. The van der Waals surface area contributed by atoms with E-state index in [1.54, 1.807) is 12.3 Å². The van der Waals surface area contributed by atoms with E-state index in [2.05, 4.69) is 78.2 Å². The summed E-state index contributed by atoms with van der Waals surface area (Å²) in [5, 5.41) is 15.1. The molecule has 7 nitrogen and oxygen atoms in total. The zero-order chi connectivity index (χ0) is 26.1. The van der Waals surface area contributed by atoms with Crippen LogP contribution in [0, 0.1) is 17.2 Å². The maximum absolute atomic E-state index is 12.3. The molecule has 1 saturated heterocycles. The van der Waals surface area contributed by atoms with Gasteiger partial charge in [0.15, 0.2) is 0 Å². The predicted octanol–water partition coefficient (Wildman–Crippen LogP) is 5.39. The number of hydrogen-bond donors (Lipinski definition) is 2. The van der Waals surface area contributed by atoms with Gasteiger partial charge in [-0.05, 0) is 74.3 Å². The molecule has 7 heteroatoms. The van der Waals surface area contributed by atoms with Gasteiger partial charge < -0.3 is 20.4 Å². The summed E-state index contributed by atoms with van der Waals surface area (Å²) in [6, 6.07) is 14.2. The molecule has 1 atom stereocenters. The predicted molar refractivity (Wildman–Crippen MR) is 147 cm³/mol. The van der Waals surface area contributed by atoms with Crippen molar-refractivity contribution >= 4 is 17.5 Å². The van der Waals surface area contributed by atoms with Crippen molar-refractivity contribution in [1.82, 2.24) is 15.2 Å². The van der Waals surface area contributed by atoms with Crippen molar-refractivity contribution in [2.75, 3.05) is 42.9 Å². The molecule has 2 aromatic rings. The molecule has 1 unspecified atom stereocenters. The summed E-state index contributed by atoms with van der Waals surface area (Å²) in [7, 11) is 0. The second-order valence-corrected chi connectivity index (χ2v) is 11.1. The summed E-state index contributed by atoms with van der Waals surface area (Å²) in [5.41, 5.74) is 2.80. The van der Waals surface area contributed by atoms with Gasteiger partial charge in [-0.15, -0.1) is 0 Å². The fraction of sp³-hybridized carbons (Fsp3) is 0.552. The van der Waals surface area contributed by atoms with E-state index in [-0.39, 0.29) is 11.4 Å². The molecule has 36 heavy (non-hydrogen) atoms. The van der Waals surface area contributed by atoms with Crippen LogP contribution in [0.5, 0.6) is 0 Å². The molecule has 0 aliphatic carbocycles. The van der Waals surface area contributed by atoms with Gasteiger partial charge in [-0.2, -0.15) is 5.26 Å². The Morgan fingerprint density at radius 3 is 2.67 bits per heavy atom. The van der Waals surface area contributed by atoms with Crippen molar-refractivity contribution in [2.45, 2.75) is 65.3 Å². The van der Waals surface area contributed by atoms with E-state index in [0.29, 0.717) is 24.1 Å². The smallest absolute Gasteiger partial charge is 0.319 e. The molecular formula is C29H42N6O. The van der Waals surface area contributed by atoms with Crippen LogP contribution in [-0.2, 0) is 5.41 Å². The van der Waals surface area contributed by atoms with Crippen LogP contribution in [0.2, 0.25) is 0 Å². The zero-order valence-corrected chi connectivity index (χ0v) is 22.6. The van der Waals surface area contributed by atoms with E-state index in [1.165, 1.54) is 12.0 Å². The number of rotatable bonds is 9. The van der Waals surface area contributed by atoms with E-state index in [1.807, 2.05) is 18.2 Å². The molecule has 0 radical (unpaired) electrons. The minimum absolute atomic E-state index is 0.0956. The molecule has 194 valence electrons. The fourth-order valence-electron chi connectivity index (χ4n) is 4.69. The Morgan fingerprint density at radius 1 is 1.25 bits per heavy atom. The number of nitrogens with zero attached hydrogens (tertiary/aromatic N) is 4. The minimum Gasteiger partial charge on any atom is -0.356 e. The summed E-state index contributed by atoms with van der Waals surface area (Å²) >= 11 is 0. The summed E-state index contributed by atoms with van der Waals surface area (Å²) < 4.78 is 0. The lowest BCUT2D eigenvalue weighted by atomic mass is 9.87. The maximum Gasteiger partial charge on any atom is 0.319 e. The lowest BCUT2D eigenvalue weighted by Crippen LogP contribution is -2.44. The fourth-order valence-corrected chi connectivity index (χ4v) is 4.69. The van der Waals surface area contributed by atoms with Crippen molar-refractivity contribution in [2.24, 2.45) is 5.92 Å². The van der Waals surface area contributed by atoms with E-state index < -0.39 is 0 Å². The highest BCUT2D eigenvalue weighted by atomic mass is 16.2. The summed E-state index contributed by atoms with van der Waals surface area (Å²) in [5.74, 6) is 1.46. The molecule has 1 aliphatic rings. The highest BCUT2D eigenvalue weighted by Gasteiger charge is 2.24. The van der Waals surface area contributed by atoms with Crippen LogP contribution in [-0.4, -0.2) is 54.7 Å². The molecule has 0 bridgehead atoms. The number of aromatic nitrogens is 1. The van der Waals surface area contributed by atoms with Gasteiger partial charge in [-0.3, -0.25) is 0 Å². The Morgan fingerprint density at radius 2 is 2.00 bits per heavy atom. The first-order valence-corrected chi connectivity index (χ1v) is 13.2. The van der Waals surface area contributed by atoms with Crippen molar-refractivity contribution in [3.63, 3.8) is 0 Å². The van der Waals surface area contributed by atoms with Gasteiger partial charge in [0.2, 0.25) is 0 Å². The van der Waals surface area contributed by atoms with Gasteiger partial charge in [0.05, 0.1) is 11.6 Å². The van der Waals surface area contributed by atoms with Gasteiger partial charge in [-0.25, -0.2) is 9.78 Å². The number of amides is 2. The van der Waals surface area contributed by atoms with Gasteiger partial charge >= 0.3 is 6.03 Å². The maximum atomic E-state index is 12.3. The lowest BCUT2D eigenvalue weighted by Gasteiger charge is -2.37. The van der Waals surface area contributed by atoms with Crippen LogP contribution in [0.3, 0.4) is 0 Å². The monoisotopic (exact) mass is 490 g/mol. The third-order valence-corrected chi connectivity index (χ3v) is 6.86. The molecule has 1 aromatic carbocycles. The molecule has 0 spiro atoms. The van der Waals surface area contributed by atoms with Gasteiger partial charge in [0.1, 0.15) is 5.82 Å². The molecule has 3 rings (SSSR count). The highest BCUT2D eigenvalue weighted by Crippen LogP contribution is 2.24. The first-order valence-electron chi connectivity index (χ1n) is 13.2. The van der Waals surface area contributed by atoms with Crippen LogP contribution >= 0.6 is 0 Å². The SMILES string of the molecule is CC(C)N(CCCNC(=O)Nc1ccc(C(C)(C)C)cc1)CC1CCCN(c2cc(C#N)ccn2)C1. The number of nitrogens with one attached hydrogen (secondary N) is 2. The second-order valence-electron chi connectivity index (χ2n) is 11.1. The molecule has 2 N–H and O–H groups in total. The topological polar surface area (TPSA) is 84.3 Å². The highest BCUT2D eigenvalue weighted by molar-refractivity contribution is 5.89. The second kappa shape index (κ2) is 12.7. The Hall–Kier alpha value is -3.11. The number of carbonyl (C=O) groups excluding carboxylic acids is 1. The van der Waals surface area contributed by atoms with Crippen molar-refractivity contribution in [1.29, 1.82) is 5.26 Å². The van der Waals surface area contributed by atoms with Crippen LogP contribution in [0.1, 0.15) is 65.0 Å². The quantitative estimate of drug-likeness (QED) is 0.461. The Labute approximate surface area is 216 Å². The molecule has 1 aromatic heterocycles. The molecule has 1 aliphatic heterocycles. The van der Waals surface area contributed by atoms with E-state index in [9.17, 15) is 10.1 Å². The number of carbonyl (C=O) groups is 1. The molecule has 0 saturated carbocycles. The van der Waals surface area contributed by atoms with Crippen molar-refractivity contribution in [3.05, 3.63) is 53.7 Å². The van der Waals surface area contributed by atoms with E-state index in [0.717, 1.165) is 50.5 Å². The number of benzene rings is 1. The lowest BCUT2D eigenvalue weighted by molar-refractivity contribution is 0.174. The van der Waals surface area contributed by atoms with Crippen molar-refractivity contribution < 1.29 is 4.79 Å². The normalized spacial score (nSPS) is 16.2. The standard InChI is InChI=1S/C29H42N6O/c1-22(2)34(20-24-8-6-16-35(21-24)27-18-23(19-30)13-15-31-27)17-7-14-32-28(36)33-26-11-9-25(10-12-26)29(3,4)5/h9-13,15,18,22,24H,6-8,14,16-17,20-21H2,1-5H3,(H2,32,33,36). The minimum atomic E-state index is -0.162. The van der Waals surface area contributed by atoms with E-state index in [4.69, 9.17) is 0 Å². The summed E-state index contributed by atoms with van der Waals surface area (Å²) in [4.78, 5) is 21.7. The van der Waals surface area contributed by atoms with Crippen LogP contribution in [0.15, 0.2) is 42.6 Å². The largest absolute Gasteiger partial charge is 0.356 e. The first-order chi connectivity index (χ1) is 17.2. The number of pyridine rings is 1. The first kappa shape index (κ1) is 27.5. The number of hydrogen-bond acceptors (Lipinski definition) is 5. The Kier molecular flexibility index (Phi) is 9.72. The average molecular weight is 491 g/mol. The average Bonchev–Trinajstić information content (AvgIpc) is 2.85. The van der Waals surface area contributed by atoms with Crippen molar-refractivity contribution in [3.8, 4) is 6.07 Å². The Bertz CT molecular complexity index is 1020. The number of urea groups is 1. The Balaban J connectivity index is 1.43. The summed E-state index contributed by atoms with van der Waals surface area (Å²) in [6.07, 6.45) is 4.96. The van der Waals surface area contributed by atoms with Gasteiger partial charge in [0, 0.05) is 50.6 Å². The molecule has 1 fully saturated rings. The number of nitriles is 1.